The van der Waals surface area contributed by atoms with E-state index >= 15 is 0 Å². The molecule has 0 bridgehead atoms. The van der Waals surface area contributed by atoms with Gasteiger partial charge in [-0.1, -0.05) is 128 Å². The number of anilines is 2. The summed E-state index contributed by atoms with van der Waals surface area (Å²) in [5, 5.41) is 6.49. The lowest BCUT2D eigenvalue weighted by atomic mass is 9.69. The summed E-state index contributed by atoms with van der Waals surface area (Å²) in [6.45, 7) is 2.08. The number of hydrogen-bond acceptors (Lipinski definition) is 3. The van der Waals surface area contributed by atoms with Gasteiger partial charge in [-0.3, -0.25) is 9.59 Å². The molecule has 2 N–H and O–H groups in total. The maximum absolute atomic E-state index is 14.8. The number of carbonyl (C=O) groups excluding carboxylic acids is 3. The van der Waals surface area contributed by atoms with E-state index in [1.54, 1.807) is 35.2 Å². The van der Waals surface area contributed by atoms with E-state index in [-0.39, 0.29) is 21.5 Å². The van der Waals surface area contributed by atoms with Crippen molar-refractivity contribution in [3.63, 3.8) is 0 Å². The Bertz CT molecular complexity index is 1660. The van der Waals surface area contributed by atoms with E-state index in [1.165, 1.54) is 0 Å². The van der Waals surface area contributed by atoms with Gasteiger partial charge in [-0.2, -0.15) is 0 Å². The first-order valence-corrected chi connectivity index (χ1v) is 15.2. The highest BCUT2D eigenvalue weighted by Crippen LogP contribution is 2.60. The van der Waals surface area contributed by atoms with Gasteiger partial charge >= 0.3 is 6.03 Å². The number of ketones is 1. The van der Waals surface area contributed by atoms with Gasteiger partial charge in [0.2, 0.25) is 0 Å². The second kappa shape index (κ2) is 11.9. The Morgan fingerprint density at radius 1 is 0.860 bits per heavy atom. The van der Waals surface area contributed by atoms with Crippen molar-refractivity contribution >= 4 is 52.3 Å². The Morgan fingerprint density at radius 2 is 1.49 bits per heavy atom. The van der Waals surface area contributed by atoms with E-state index in [9.17, 15) is 14.4 Å². The van der Waals surface area contributed by atoms with Crippen LogP contribution in [0, 0.1) is 5.92 Å². The first kappa shape index (κ1) is 29.0. The maximum atomic E-state index is 14.8. The molecule has 6 nitrogen and oxygen atoms in total. The monoisotopic (exact) mass is 611 g/mol. The molecule has 1 fully saturated rings. The molecule has 2 heterocycles. The number of rotatable bonds is 7. The highest BCUT2D eigenvalue weighted by molar-refractivity contribution is 6.39. The molecule has 0 saturated carbocycles. The number of likely N-dealkylation sites (tertiary alicyclic amines) is 1. The molecule has 3 amide bonds. The molecule has 218 valence electrons. The Morgan fingerprint density at radius 3 is 2.16 bits per heavy atom. The van der Waals surface area contributed by atoms with Crippen molar-refractivity contribution in [1.29, 1.82) is 0 Å². The van der Waals surface area contributed by atoms with Gasteiger partial charge in [0.15, 0.2) is 11.3 Å². The summed E-state index contributed by atoms with van der Waals surface area (Å²) in [6.07, 6.45) is 2.24. The van der Waals surface area contributed by atoms with E-state index in [2.05, 4.69) is 17.6 Å². The molecule has 6 rings (SSSR count). The Hall–Kier alpha value is -4.13. The van der Waals surface area contributed by atoms with Crippen LogP contribution in [-0.2, 0) is 10.3 Å². The summed E-state index contributed by atoms with van der Waals surface area (Å²) in [7, 11) is 0. The Labute approximate surface area is 261 Å². The predicted octanol–water partition coefficient (Wildman–Crippen LogP) is 8.53. The molecule has 2 aliphatic rings. The van der Waals surface area contributed by atoms with Crippen molar-refractivity contribution in [3.05, 3.63) is 130 Å². The largest absolute Gasteiger partial charge is 0.323 e. The number of hydrogen-bond donors (Lipinski definition) is 2. The SMILES string of the molecule is CCCCC1C(c2ccccc2)C(C(=O)c2ccccc2)C2(C(=O)Nc3ccccc32)N1C(=O)Nc1c(Cl)cccc1Cl. The second-order valence-corrected chi connectivity index (χ2v) is 11.8. The number of urea groups is 1. The molecule has 0 aromatic heterocycles. The molecule has 8 heteroatoms. The van der Waals surface area contributed by atoms with E-state index in [0.29, 0.717) is 23.2 Å². The zero-order valence-electron chi connectivity index (χ0n) is 23.6. The smallest absolute Gasteiger partial charge is 0.323 e. The van der Waals surface area contributed by atoms with Gasteiger partial charge in [-0.25, -0.2) is 4.79 Å². The van der Waals surface area contributed by atoms with Crippen LogP contribution in [0.5, 0.6) is 0 Å². The summed E-state index contributed by atoms with van der Waals surface area (Å²) in [4.78, 5) is 45.7. The number of nitrogens with one attached hydrogen (secondary N) is 2. The number of benzene rings is 4. The number of halogens is 2. The fourth-order valence-electron chi connectivity index (χ4n) is 6.91. The predicted molar refractivity (Wildman–Crippen MR) is 171 cm³/mol. The molecule has 4 atom stereocenters. The summed E-state index contributed by atoms with van der Waals surface area (Å²) in [5.41, 5.74) is 1.15. The molecular formula is C35H31Cl2N3O3. The van der Waals surface area contributed by atoms with Gasteiger partial charge in [0.05, 0.1) is 21.7 Å². The molecular weight excluding hydrogens is 581 g/mol. The minimum absolute atomic E-state index is 0.200. The lowest BCUT2D eigenvalue weighted by Crippen LogP contribution is -2.57. The van der Waals surface area contributed by atoms with Gasteiger partial charge in [0, 0.05) is 28.8 Å². The second-order valence-electron chi connectivity index (χ2n) is 11.0. The van der Waals surface area contributed by atoms with E-state index < -0.39 is 35.4 Å². The van der Waals surface area contributed by atoms with Crippen molar-refractivity contribution in [2.75, 3.05) is 10.6 Å². The zero-order chi connectivity index (χ0) is 30.1. The van der Waals surface area contributed by atoms with Crippen LogP contribution in [-0.4, -0.2) is 28.7 Å². The Kier molecular flexibility index (Phi) is 7.99. The van der Waals surface area contributed by atoms with Crippen LogP contribution in [0.25, 0.3) is 0 Å². The summed E-state index contributed by atoms with van der Waals surface area (Å²) in [6, 6.07) is 30.0. The van der Waals surface area contributed by atoms with Gasteiger partial charge < -0.3 is 15.5 Å². The highest BCUT2D eigenvalue weighted by Gasteiger charge is 2.70. The topological polar surface area (TPSA) is 78.5 Å². The van der Waals surface area contributed by atoms with Crippen molar-refractivity contribution in [3.8, 4) is 0 Å². The van der Waals surface area contributed by atoms with Crippen LogP contribution < -0.4 is 10.6 Å². The van der Waals surface area contributed by atoms with Crippen molar-refractivity contribution in [2.45, 2.75) is 43.7 Å². The van der Waals surface area contributed by atoms with Gasteiger partial charge in [0.25, 0.3) is 5.91 Å². The van der Waals surface area contributed by atoms with Gasteiger partial charge in [-0.15, -0.1) is 0 Å². The van der Waals surface area contributed by atoms with E-state index in [0.717, 1.165) is 18.4 Å². The molecule has 0 radical (unpaired) electrons. The number of carbonyl (C=O) groups is 3. The molecule has 4 aromatic rings. The van der Waals surface area contributed by atoms with Crippen molar-refractivity contribution in [1.82, 2.24) is 4.90 Å². The van der Waals surface area contributed by atoms with Crippen molar-refractivity contribution in [2.24, 2.45) is 5.92 Å². The third-order valence-corrected chi connectivity index (χ3v) is 9.29. The number of Topliss-reactive ketones (excluding diaryl/α,β-unsaturated/α-hetero) is 1. The molecule has 4 unspecified atom stereocenters. The molecule has 0 aliphatic carbocycles. The van der Waals surface area contributed by atoms with Crippen molar-refractivity contribution < 1.29 is 14.4 Å². The quantitative estimate of drug-likeness (QED) is 0.205. The third kappa shape index (κ3) is 4.79. The molecule has 1 saturated heterocycles. The summed E-state index contributed by atoms with van der Waals surface area (Å²) in [5.74, 6) is -2.02. The van der Waals surface area contributed by atoms with Crippen LogP contribution in [0.3, 0.4) is 0 Å². The Balaban J connectivity index is 1.64. The first-order valence-electron chi connectivity index (χ1n) is 14.5. The minimum atomic E-state index is -1.64. The highest BCUT2D eigenvalue weighted by atomic mass is 35.5. The minimum Gasteiger partial charge on any atom is -0.323 e. The average Bonchev–Trinajstić information content (AvgIpc) is 3.50. The number of amides is 3. The molecule has 1 spiro atoms. The fourth-order valence-corrected chi connectivity index (χ4v) is 7.40. The molecule has 4 aromatic carbocycles. The van der Waals surface area contributed by atoms with E-state index in [1.807, 2.05) is 72.8 Å². The zero-order valence-corrected chi connectivity index (χ0v) is 25.1. The third-order valence-electron chi connectivity index (χ3n) is 8.66. The maximum Gasteiger partial charge on any atom is 0.323 e. The number of para-hydroxylation sites is 2. The van der Waals surface area contributed by atoms with Crippen LogP contribution >= 0.6 is 23.2 Å². The van der Waals surface area contributed by atoms with Crippen LogP contribution in [0.15, 0.2) is 103 Å². The number of fused-ring (bicyclic) bond motifs is 2. The molecule has 43 heavy (non-hydrogen) atoms. The van der Waals surface area contributed by atoms with E-state index in [4.69, 9.17) is 23.2 Å². The summed E-state index contributed by atoms with van der Waals surface area (Å²) < 4.78 is 0. The normalized spacial score (nSPS) is 22.3. The fraction of sp³-hybridized carbons (Fsp3) is 0.229. The van der Waals surface area contributed by atoms with Crippen LogP contribution in [0.1, 0.15) is 53.6 Å². The van der Waals surface area contributed by atoms with Gasteiger partial charge in [-0.05, 0) is 30.2 Å². The average molecular weight is 613 g/mol. The first-order chi connectivity index (χ1) is 20.9. The van der Waals surface area contributed by atoms with Gasteiger partial charge in [0.1, 0.15) is 0 Å². The number of unbranched alkanes of at least 4 members (excludes halogenated alkanes) is 1. The lowest BCUT2D eigenvalue weighted by molar-refractivity contribution is -0.126. The van der Waals surface area contributed by atoms with Crippen LogP contribution in [0.2, 0.25) is 10.0 Å². The lowest BCUT2D eigenvalue weighted by Gasteiger charge is -2.39. The van der Waals surface area contributed by atoms with Crippen LogP contribution in [0.4, 0.5) is 16.2 Å². The number of nitrogens with zero attached hydrogens (tertiary/aromatic N) is 1. The standard InChI is InChI=1S/C35H31Cl2N3O3/c1-2-3-21-28-29(22-13-6-4-7-14-22)30(32(41)23-15-8-5-9-16-23)35(24-17-10-11-20-27(24)38-33(35)42)40(28)34(43)39-31-25(36)18-12-19-26(31)37/h4-20,28-30H,2-3,21H2,1H3,(H,38,42)(H,39,43). The summed E-state index contributed by atoms with van der Waals surface area (Å²) >= 11 is 13.0. The molecule has 2 aliphatic heterocycles.